The van der Waals surface area contributed by atoms with Crippen LogP contribution in [0.5, 0.6) is 0 Å². The molecule has 0 spiro atoms. The number of hydrogen-bond donors (Lipinski definition) is 2. The zero-order chi connectivity index (χ0) is 16.8. The van der Waals surface area contributed by atoms with E-state index in [1.807, 2.05) is 0 Å². The molecule has 6 nitrogen and oxygen atoms in total. The van der Waals surface area contributed by atoms with E-state index in [0.717, 1.165) is 49.3 Å². The standard InChI is InChI=1S/C17H23N5OS/c1-13-2-4-14(5-3-13)24-17-15(18)16(20-12-21-17)19-6-7-22-8-10-23-11-9-22/h2-5,12H,6-11,18H2,1H3,(H,19,20,21). The third-order valence-corrected chi connectivity index (χ3v) is 4.93. The van der Waals surface area contributed by atoms with Crippen LogP contribution in [-0.4, -0.2) is 54.3 Å². The number of ether oxygens (including phenoxy) is 1. The predicted octanol–water partition coefficient (Wildman–Crippen LogP) is 2.26. The Balaban J connectivity index is 1.59. The number of hydrogen-bond acceptors (Lipinski definition) is 7. The molecule has 128 valence electrons. The van der Waals surface area contributed by atoms with E-state index in [9.17, 15) is 0 Å². The molecule has 1 saturated heterocycles. The van der Waals surface area contributed by atoms with Gasteiger partial charge in [0, 0.05) is 31.1 Å². The first kappa shape index (κ1) is 17.0. The van der Waals surface area contributed by atoms with E-state index in [2.05, 4.69) is 51.4 Å². The van der Waals surface area contributed by atoms with Gasteiger partial charge in [0.2, 0.25) is 0 Å². The lowest BCUT2D eigenvalue weighted by Crippen LogP contribution is -2.39. The molecule has 24 heavy (non-hydrogen) atoms. The van der Waals surface area contributed by atoms with Crippen molar-refractivity contribution in [3.63, 3.8) is 0 Å². The van der Waals surface area contributed by atoms with Gasteiger partial charge in [0.25, 0.3) is 0 Å². The quantitative estimate of drug-likeness (QED) is 0.778. The molecule has 3 rings (SSSR count). The normalized spacial score (nSPS) is 15.4. The summed E-state index contributed by atoms with van der Waals surface area (Å²) in [6.45, 7) is 7.41. The number of nitrogens with one attached hydrogen (secondary N) is 1. The fraction of sp³-hybridized carbons (Fsp3) is 0.412. The van der Waals surface area contributed by atoms with Crippen molar-refractivity contribution < 1.29 is 4.74 Å². The van der Waals surface area contributed by atoms with Gasteiger partial charge in [0.15, 0.2) is 5.82 Å². The van der Waals surface area contributed by atoms with E-state index in [4.69, 9.17) is 10.5 Å². The van der Waals surface area contributed by atoms with Gasteiger partial charge in [-0.3, -0.25) is 4.90 Å². The fourth-order valence-electron chi connectivity index (χ4n) is 2.48. The molecule has 0 saturated carbocycles. The summed E-state index contributed by atoms with van der Waals surface area (Å²) in [6, 6.07) is 8.32. The second kappa shape index (κ2) is 8.32. The lowest BCUT2D eigenvalue weighted by Gasteiger charge is -2.26. The largest absolute Gasteiger partial charge is 0.394 e. The van der Waals surface area contributed by atoms with Gasteiger partial charge in [0.05, 0.1) is 13.2 Å². The van der Waals surface area contributed by atoms with E-state index in [0.29, 0.717) is 11.5 Å². The third kappa shape index (κ3) is 4.59. The van der Waals surface area contributed by atoms with Crippen LogP contribution in [0.4, 0.5) is 11.5 Å². The van der Waals surface area contributed by atoms with Crippen LogP contribution in [-0.2, 0) is 4.74 Å². The maximum Gasteiger partial charge on any atom is 0.153 e. The molecule has 0 aliphatic carbocycles. The molecule has 2 aromatic rings. The van der Waals surface area contributed by atoms with Gasteiger partial charge in [-0.15, -0.1) is 0 Å². The van der Waals surface area contributed by atoms with Crippen molar-refractivity contribution in [2.45, 2.75) is 16.8 Å². The summed E-state index contributed by atoms with van der Waals surface area (Å²) >= 11 is 1.56. The van der Waals surface area contributed by atoms with Crippen molar-refractivity contribution in [3.8, 4) is 0 Å². The van der Waals surface area contributed by atoms with Crippen molar-refractivity contribution in [1.29, 1.82) is 0 Å². The first-order valence-corrected chi connectivity index (χ1v) is 8.93. The van der Waals surface area contributed by atoms with Crippen molar-refractivity contribution in [1.82, 2.24) is 14.9 Å². The van der Waals surface area contributed by atoms with Crippen molar-refractivity contribution in [2.24, 2.45) is 0 Å². The Morgan fingerprint density at radius 3 is 2.71 bits per heavy atom. The highest BCUT2D eigenvalue weighted by Crippen LogP contribution is 2.32. The van der Waals surface area contributed by atoms with Gasteiger partial charge in [-0.2, -0.15) is 0 Å². The second-order valence-electron chi connectivity index (χ2n) is 5.74. The van der Waals surface area contributed by atoms with Crippen LogP contribution in [0.2, 0.25) is 0 Å². The van der Waals surface area contributed by atoms with E-state index in [1.165, 1.54) is 5.56 Å². The summed E-state index contributed by atoms with van der Waals surface area (Å²) in [4.78, 5) is 12.1. The van der Waals surface area contributed by atoms with Gasteiger partial charge in [-0.05, 0) is 19.1 Å². The molecule has 0 atom stereocenters. The molecule has 2 heterocycles. The zero-order valence-electron chi connectivity index (χ0n) is 13.9. The monoisotopic (exact) mass is 345 g/mol. The third-order valence-electron chi connectivity index (χ3n) is 3.91. The molecule has 1 aliphatic rings. The van der Waals surface area contributed by atoms with Crippen LogP contribution in [0.3, 0.4) is 0 Å². The summed E-state index contributed by atoms with van der Waals surface area (Å²) in [5, 5.41) is 4.10. The number of aryl methyl sites for hydroxylation is 1. The zero-order valence-corrected chi connectivity index (χ0v) is 14.7. The topological polar surface area (TPSA) is 76.3 Å². The highest BCUT2D eigenvalue weighted by atomic mass is 32.2. The second-order valence-corrected chi connectivity index (χ2v) is 6.80. The first-order chi connectivity index (χ1) is 11.7. The van der Waals surface area contributed by atoms with E-state index in [1.54, 1.807) is 18.1 Å². The highest BCUT2D eigenvalue weighted by Gasteiger charge is 2.12. The average molecular weight is 345 g/mol. The maximum absolute atomic E-state index is 6.24. The minimum absolute atomic E-state index is 0.602. The summed E-state index contributed by atoms with van der Waals surface area (Å²) < 4.78 is 5.36. The molecule has 1 aromatic heterocycles. The van der Waals surface area contributed by atoms with Gasteiger partial charge >= 0.3 is 0 Å². The average Bonchev–Trinajstić information content (AvgIpc) is 2.61. The van der Waals surface area contributed by atoms with Gasteiger partial charge in [0.1, 0.15) is 17.0 Å². The smallest absolute Gasteiger partial charge is 0.153 e. The van der Waals surface area contributed by atoms with Crippen molar-refractivity contribution in [2.75, 3.05) is 50.4 Å². The Labute approximate surface area is 146 Å². The Hall–Kier alpha value is -1.83. The highest BCUT2D eigenvalue weighted by molar-refractivity contribution is 7.99. The Kier molecular flexibility index (Phi) is 5.90. The Morgan fingerprint density at radius 1 is 1.21 bits per heavy atom. The minimum atomic E-state index is 0.602. The fourth-order valence-corrected chi connectivity index (χ4v) is 3.28. The molecule has 0 bridgehead atoms. The first-order valence-electron chi connectivity index (χ1n) is 8.11. The summed E-state index contributed by atoms with van der Waals surface area (Å²) in [5.74, 6) is 0.702. The molecule has 7 heteroatoms. The SMILES string of the molecule is Cc1ccc(Sc2ncnc(NCCN3CCOCC3)c2N)cc1. The molecule has 1 aliphatic heterocycles. The molecular weight excluding hydrogens is 322 g/mol. The van der Waals surface area contributed by atoms with Crippen LogP contribution in [0, 0.1) is 6.92 Å². The lowest BCUT2D eigenvalue weighted by molar-refractivity contribution is 0.0398. The number of nitrogen functional groups attached to an aromatic ring is 1. The molecule has 3 N–H and O–H groups in total. The maximum atomic E-state index is 6.24. The number of nitrogens with zero attached hydrogens (tertiary/aromatic N) is 3. The van der Waals surface area contributed by atoms with E-state index < -0.39 is 0 Å². The summed E-state index contributed by atoms with van der Waals surface area (Å²) in [7, 11) is 0. The predicted molar refractivity (Wildman–Crippen MR) is 97.5 cm³/mol. The van der Waals surface area contributed by atoms with Gasteiger partial charge in [-0.1, -0.05) is 29.5 Å². The van der Waals surface area contributed by atoms with Crippen LogP contribution < -0.4 is 11.1 Å². The van der Waals surface area contributed by atoms with Crippen molar-refractivity contribution in [3.05, 3.63) is 36.2 Å². The Morgan fingerprint density at radius 2 is 1.96 bits per heavy atom. The van der Waals surface area contributed by atoms with Crippen molar-refractivity contribution >= 4 is 23.3 Å². The number of rotatable bonds is 6. The number of morpholine rings is 1. The number of anilines is 2. The summed E-state index contributed by atoms with van der Waals surface area (Å²) in [6.07, 6.45) is 1.56. The van der Waals surface area contributed by atoms with E-state index in [-0.39, 0.29) is 0 Å². The van der Waals surface area contributed by atoms with Gasteiger partial charge in [-0.25, -0.2) is 9.97 Å². The molecule has 0 amide bonds. The molecule has 1 fully saturated rings. The van der Waals surface area contributed by atoms with Crippen LogP contribution in [0.15, 0.2) is 40.5 Å². The van der Waals surface area contributed by atoms with E-state index >= 15 is 0 Å². The minimum Gasteiger partial charge on any atom is -0.394 e. The molecular formula is C17H23N5OS. The van der Waals surface area contributed by atoms with Crippen LogP contribution >= 0.6 is 11.8 Å². The number of aromatic nitrogens is 2. The molecule has 1 aromatic carbocycles. The summed E-state index contributed by atoms with van der Waals surface area (Å²) in [5.41, 5.74) is 8.08. The van der Waals surface area contributed by atoms with Crippen LogP contribution in [0.1, 0.15) is 5.56 Å². The lowest BCUT2D eigenvalue weighted by atomic mass is 10.2. The molecule has 0 unspecified atom stereocenters. The van der Waals surface area contributed by atoms with Gasteiger partial charge < -0.3 is 15.8 Å². The Bertz CT molecular complexity index is 659. The number of nitrogens with two attached hydrogens (primary N) is 1. The molecule has 0 radical (unpaired) electrons. The number of benzene rings is 1. The van der Waals surface area contributed by atoms with Crippen LogP contribution in [0.25, 0.3) is 0 Å².